The molecule has 0 aromatic heterocycles. The second kappa shape index (κ2) is 7.47. The van der Waals surface area contributed by atoms with Crippen LogP contribution in [-0.4, -0.2) is 45.9 Å². The Morgan fingerprint density at radius 3 is 2.45 bits per heavy atom. The first-order valence-corrected chi connectivity index (χ1v) is 10.6. The summed E-state index contributed by atoms with van der Waals surface area (Å²) in [5.74, 6) is 0.738. The molecule has 9 nitrogen and oxygen atoms in total. The van der Waals surface area contributed by atoms with Crippen molar-refractivity contribution in [2.45, 2.75) is 17.9 Å². The lowest BCUT2D eigenvalue weighted by Crippen LogP contribution is -2.46. The van der Waals surface area contributed by atoms with Gasteiger partial charge in [0.15, 0.2) is 12.5 Å². The molecule has 5 N–H and O–H groups in total. The molecule has 0 aliphatic carbocycles. The Balaban J connectivity index is 1.81. The molecular formula is C19H21N7O2S. The van der Waals surface area contributed by atoms with Crippen molar-refractivity contribution in [2.24, 2.45) is 31.1 Å². The number of nitrogens with one attached hydrogen (secondary N) is 1. The van der Waals surface area contributed by atoms with E-state index in [1.807, 2.05) is 30.3 Å². The second-order valence-corrected chi connectivity index (χ2v) is 8.45. The molecule has 0 bridgehead atoms. The van der Waals surface area contributed by atoms with E-state index in [-0.39, 0.29) is 23.4 Å². The molecule has 2 aliphatic heterocycles. The summed E-state index contributed by atoms with van der Waals surface area (Å²) >= 11 is 0. The maximum atomic E-state index is 12.3. The van der Waals surface area contributed by atoms with Crippen molar-refractivity contribution in [1.29, 1.82) is 0 Å². The third-order valence-corrected chi connectivity index (χ3v) is 5.98. The topological polar surface area (TPSA) is 148 Å². The molecule has 1 fully saturated rings. The fourth-order valence-electron chi connectivity index (χ4n) is 3.33. The highest BCUT2D eigenvalue weighted by atomic mass is 32.2. The van der Waals surface area contributed by atoms with Gasteiger partial charge in [0.2, 0.25) is 10.0 Å². The van der Waals surface area contributed by atoms with Crippen molar-refractivity contribution >= 4 is 21.7 Å². The van der Waals surface area contributed by atoms with Crippen molar-refractivity contribution in [3.8, 4) is 11.1 Å². The zero-order chi connectivity index (χ0) is 20.6. The van der Waals surface area contributed by atoms with Crippen LogP contribution in [0.2, 0.25) is 0 Å². The largest absolute Gasteiger partial charge is 0.383 e. The Kier molecular flexibility index (Phi) is 4.99. The highest BCUT2D eigenvalue weighted by Crippen LogP contribution is 2.32. The molecule has 29 heavy (non-hydrogen) atoms. The fourth-order valence-corrected chi connectivity index (χ4v) is 4.33. The minimum atomic E-state index is -3.99. The van der Waals surface area contributed by atoms with E-state index in [2.05, 4.69) is 25.5 Å². The Morgan fingerprint density at radius 2 is 1.90 bits per heavy atom. The van der Waals surface area contributed by atoms with Gasteiger partial charge in [0.05, 0.1) is 10.9 Å². The monoisotopic (exact) mass is 411 g/mol. The number of nitrogens with two attached hydrogens (primary N) is 2. The highest BCUT2D eigenvalue weighted by molar-refractivity contribution is 7.89. The van der Waals surface area contributed by atoms with E-state index in [9.17, 15) is 8.42 Å². The van der Waals surface area contributed by atoms with Gasteiger partial charge in [0, 0.05) is 24.2 Å². The molecule has 1 saturated heterocycles. The van der Waals surface area contributed by atoms with Crippen LogP contribution < -0.4 is 16.2 Å². The zero-order valence-corrected chi connectivity index (χ0v) is 16.6. The maximum absolute atomic E-state index is 12.3. The lowest BCUT2D eigenvalue weighted by atomic mass is 9.96. The minimum Gasteiger partial charge on any atom is -0.383 e. The number of amidine groups is 2. The molecule has 4 rings (SSSR count). The number of aryl methyl sites for hydroxylation is 1. The van der Waals surface area contributed by atoms with Crippen LogP contribution in [0.25, 0.3) is 11.1 Å². The van der Waals surface area contributed by atoms with Crippen LogP contribution >= 0.6 is 0 Å². The van der Waals surface area contributed by atoms with Crippen LogP contribution in [0.3, 0.4) is 0 Å². The number of hydrogen-bond donors (Lipinski definition) is 3. The van der Waals surface area contributed by atoms with E-state index in [4.69, 9.17) is 10.9 Å². The van der Waals surface area contributed by atoms with E-state index in [1.54, 1.807) is 13.0 Å². The Bertz CT molecular complexity index is 1150. The summed E-state index contributed by atoms with van der Waals surface area (Å²) < 4.78 is 24.6. The van der Waals surface area contributed by atoms with Crippen LogP contribution in [0.5, 0.6) is 0 Å². The van der Waals surface area contributed by atoms with Gasteiger partial charge in [0.25, 0.3) is 0 Å². The molecule has 0 amide bonds. The van der Waals surface area contributed by atoms with Crippen molar-refractivity contribution in [3.05, 3.63) is 53.1 Å². The summed E-state index contributed by atoms with van der Waals surface area (Å²) in [5, 5.41) is 16.5. The molecule has 0 atom stereocenters. The van der Waals surface area contributed by atoms with Gasteiger partial charge in [-0.3, -0.25) is 4.99 Å². The molecule has 10 heteroatoms. The summed E-state index contributed by atoms with van der Waals surface area (Å²) in [4.78, 5) is 8.71. The molecule has 2 aliphatic rings. The van der Waals surface area contributed by atoms with E-state index in [0.717, 1.165) is 24.2 Å². The van der Waals surface area contributed by atoms with Gasteiger partial charge in [-0.1, -0.05) is 36.4 Å². The Hall–Kier alpha value is -2.95. The van der Waals surface area contributed by atoms with Gasteiger partial charge in [-0.2, -0.15) is 5.11 Å². The Morgan fingerprint density at radius 1 is 1.17 bits per heavy atom. The smallest absolute Gasteiger partial charge is 0.239 e. The average molecular weight is 411 g/mol. The maximum Gasteiger partial charge on any atom is 0.239 e. The van der Waals surface area contributed by atoms with Gasteiger partial charge in [-0.25, -0.2) is 18.5 Å². The molecule has 0 spiro atoms. The summed E-state index contributed by atoms with van der Waals surface area (Å²) in [6.07, 6.45) is 0. The van der Waals surface area contributed by atoms with E-state index in [0.29, 0.717) is 22.5 Å². The predicted molar refractivity (Wildman–Crippen MR) is 112 cm³/mol. The summed E-state index contributed by atoms with van der Waals surface area (Å²) in [5.41, 5.74) is 9.25. The number of hydrogen-bond acceptors (Lipinski definition) is 7. The first-order valence-electron chi connectivity index (χ1n) is 9.08. The van der Waals surface area contributed by atoms with Gasteiger partial charge in [-0.15, -0.1) is 5.11 Å². The highest BCUT2D eigenvalue weighted by Gasteiger charge is 2.26. The van der Waals surface area contributed by atoms with E-state index >= 15 is 0 Å². The van der Waals surface area contributed by atoms with Crippen LogP contribution in [-0.2, 0) is 10.0 Å². The van der Waals surface area contributed by atoms with Crippen molar-refractivity contribution in [1.82, 2.24) is 5.32 Å². The number of aliphatic imine (C=N–C) groups is 2. The standard InChI is InChI=1S/C19H21N7O2S/c1-11-2-7-15(16(17(11)29(21,27)28)19-23-10-24-26-19)12-3-5-13(6-4-12)18(20)25-14-8-22-9-14/h2-7,14,22H,8-10H2,1H3,(H2,20,25)(H2,21,27,28). The molecule has 2 aromatic carbocycles. The second-order valence-electron chi connectivity index (χ2n) is 6.95. The van der Waals surface area contributed by atoms with Crippen molar-refractivity contribution in [3.63, 3.8) is 0 Å². The summed E-state index contributed by atoms with van der Waals surface area (Å²) in [7, 11) is -3.99. The van der Waals surface area contributed by atoms with Crippen LogP contribution in [0, 0.1) is 6.92 Å². The quantitative estimate of drug-likeness (QED) is 0.500. The zero-order valence-electron chi connectivity index (χ0n) is 15.8. The van der Waals surface area contributed by atoms with Crippen molar-refractivity contribution in [2.75, 3.05) is 19.8 Å². The Labute approximate surface area is 168 Å². The minimum absolute atomic E-state index is 0.0113. The number of azo groups is 1. The summed E-state index contributed by atoms with van der Waals surface area (Å²) in [6.45, 7) is 3.51. The molecular weight excluding hydrogens is 390 g/mol. The van der Waals surface area contributed by atoms with E-state index < -0.39 is 10.0 Å². The third-order valence-electron chi connectivity index (χ3n) is 4.89. The summed E-state index contributed by atoms with van der Waals surface area (Å²) in [6, 6.07) is 11.2. The third kappa shape index (κ3) is 3.82. The molecule has 0 saturated carbocycles. The predicted octanol–water partition coefficient (Wildman–Crippen LogP) is 1.16. The lowest BCUT2D eigenvalue weighted by molar-refractivity contribution is 0.448. The van der Waals surface area contributed by atoms with Gasteiger partial charge in [0.1, 0.15) is 5.84 Å². The molecule has 0 radical (unpaired) electrons. The molecule has 150 valence electrons. The SMILES string of the molecule is Cc1ccc(-c2ccc(C(N)=NC3CNC3)cc2)c(C2=NCN=N2)c1S(N)(=O)=O. The lowest BCUT2D eigenvalue weighted by Gasteiger charge is -2.23. The number of primary sulfonamides is 1. The number of nitrogens with zero attached hydrogens (tertiary/aromatic N) is 4. The number of rotatable bonds is 5. The van der Waals surface area contributed by atoms with Crippen LogP contribution in [0.1, 0.15) is 16.7 Å². The number of benzene rings is 2. The molecule has 2 aromatic rings. The van der Waals surface area contributed by atoms with Gasteiger partial charge in [-0.05, 0) is 23.6 Å². The normalized spacial score (nSPS) is 17.3. The molecule has 2 heterocycles. The first kappa shape index (κ1) is 19.4. The number of sulfonamides is 1. The van der Waals surface area contributed by atoms with Gasteiger partial charge < -0.3 is 11.1 Å². The van der Waals surface area contributed by atoms with Crippen LogP contribution in [0.15, 0.2) is 61.5 Å². The first-order chi connectivity index (χ1) is 13.8. The van der Waals surface area contributed by atoms with Crippen LogP contribution in [0.4, 0.5) is 0 Å². The molecule has 0 unspecified atom stereocenters. The van der Waals surface area contributed by atoms with E-state index in [1.165, 1.54) is 0 Å². The van der Waals surface area contributed by atoms with Crippen molar-refractivity contribution < 1.29 is 8.42 Å². The fraction of sp³-hybridized carbons (Fsp3) is 0.263. The average Bonchev–Trinajstić information content (AvgIpc) is 3.18. The van der Waals surface area contributed by atoms with Gasteiger partial charge >= 0.3 is 0 Å².